The van der Waals surface area contributed by atoms with Crippen molar-refractivity contribution in [1.82, 2.24) is 5.32 Å². The van der Waals surface area contributed by atoms with Gasteiger partial charge in [0.2, 0.25) is 0 Å². The number of halogens is 2. The number of hydrogen-bond donors (Lipinski definition) is 1. The number of rotatable bonds is 1. The van der Waals surface area contributed by atoms with Crippen LogP contribution in [0.15, 0.2) is 18.2 Å². The van der Waals surface area contributed by atoms with E-state index in [2.05, 4.69) is 40.5 Å². The van der Waals surface area contributed by atoms with Gasteiger partial charge in [0.15, 0.2) is 11.5 Å². The first-order chi connectivity index (χ1) is 9.26. The lowest BCUT2D eigenvalue weighted by Gasteiger charge is -2.44. The Labute approximate surface area is 116 Å². The van der Waals surface area contributed by atoms with E-state index in [4.69, 9.17) is 0 Å². The Hall–Kier alpha value is -1.56. The van der Waals surface area contributed by atoms with Crippen LogP contribution in [-0.2, 0) is 0 Å². The van der Waals surface area contributed by atoms with Gasteiger partial charge in [0, 0.05) is 36.4 Å². The van der Waals surface area contributed by atoms with Gasteiger partial charge in [-0.1, -0.05) is 0 Å². The van der Waals surface area contributed by atoms with Crippen LogP contribution in [0, 0.1) is 0 Å². The van der Waals surface area contributed by atoms with Crippen LogP contribution < -0.4 is 19.7 Å². The molecule has 1 aromatic rings. The lowest BCUT2D eigenvalue weighted by molar-refractivity contribution is -0.286. The summed E-state index contributed by atoms with van der Waals surface area (Å²) in [5.74, 6) is 0.178. The largest absolute Gasteiger partial charge is 0.586 e. The van der Waals surface area contributed by atoms with E-state index in [1.54, 1.807) is 12.1 Å². The molecule has 0 bridgehead atoms. The number of fused-ring (bicyclic) bond motifs is 1. The van der Waals surface area contributed by atoms with Crippen LogP contribution in [0.3, 0.4) is 0 Å². The molecular formula is C14H18F2N2O2. The normalized spacial score (nSPS) is 26.6. The predicted octanol–water partition coefficient (Wildman–Crippen LogP) is 2.58. The summed E-state index contributed by atoms with van der Waals surface area (Å²) in [5, 5.41) is 3.46. The Bertz CT molecular complexity index is 534. The predicted molar refractivity (Wildman–Crippen MR) is 71.5 cm³/mol. The summed E-state index contributed by atoms with van der Waals surface area (Å²) in [6.45, 7) is 7.98. The molecule has 0 aliphatic carbocycles. The van der Waals surface area contributed by atoms with Gasteiger partial charge in [-0.3, -0.25) is 0 Å². The molecule has 0 radical (unpaired) electrons. The lowest BCUT2D eigenvalue weighted by atomic mass is 9.98. The molecule has 4 nitrogen and oxygen atoms in total. The quantitative estimate of drug-likeness (QED) is 0.859. The SMILES string of the molecule is CC1CNC(C)(C)CN1c1ccc2c(c1)OC(F)(F)O2. The fraction of sp³-hybridized carbons (Fsp3) is 0.571. The molecule has 2 heterocycles. The van der Waals surface area contributed by atoms with Crippen LogP contribution in [0.4, 0.5) is 14.5 Å². The van der Waals surface area contributed by atoms with Crippen molar-refractivity contribution in [3.8, 4) is 11.5 Å². The molecule has 20 heavy (non-hydrogen) atoms. The van der Waals surface area contributed by atoms with Crippen molar-refractivity contribution in [2.75, 3.05) is 18.0 Å². The standard InChI is InChI=1S/C14H18F2N2O2/c1-9-7-17-13(2,3)8-18(9)10-4-5-11-12(6-10)20-14(15,16)19-11/h4-6,9,17H,7-8H2,1-3H3. The van der Waals surface area contributed by atoms with Gasteiger partial charge in [-0.25, -0.2) is 0 Å². The summed E-state index contributed by atoms with van der Waals surface area (Å²) in [4.78, 5) is 2.19. The molecule has 0 amide bonds. The molecule has 1 fully saturated rings. The van der Waals surface area contributed by atoms with E-state index >= 15 is 0 Å². The lowest BCUT2D eigenvalue weighted by Crippen LogP contribution is -2.61. The molecule has 1 aromatic carbocycles. The third-order valence-electron chi connectivity index (χ3n) is 3.69. The second-order valence-corrected chi connectivity index (χ2v) is 6.04. The van der Waals surface area contributed by atoms with Crippen molar-refractivity contribution in [3.63, 3.8) is 0 Å². The van der Waals surface area contributed by atoms with Gasteiger partial charge in [-0.15, -0.1) is 8.78 Å². The molecular weight excluding hydrogens is 266 g/mol. The van der Waals surface area contributed by atoms with E-state index in [9.17, 15) is 8.78 Å². The van der Waals surface area contributed by atoms with Crippen molar-refractivity contribution >= 4 is 5.69 Å². The highest BCUT2D eigenvalue weighted by Gasteiger charge is 2.43. The van der Waals surface area contributed by atoms with Gasteiger partial charge in [-0.2, -0.15) is 0 Å². The molecule has 6 heteroatoms. The maximum Gasteiger partial charge on any atom is 0.586 e. The first kappa shape index (κ1) is 13.4. The van der Waals surface area contributed by atoms with Gasteiger partial charge in [0.05, 0.1) is 0 Å². The highest BCUT2D eigenvalue weighted by Crippen LogP contribution is 2.43. The molecule has 1 N–H and O–H groups in total. The second-order valence-electron chi connectivity index (χ2n) is 6.04. The number of nitrogens with one attached hydrogen (secondary N) is 1. The monoisotopic (exact) mass is 284 g/mol. The van der Waals surface area contributed by atoms with Crippen molar-refractivity contribution in [2.45, 2.75) is 38.6 Å². The number of piperazine rings is 1. The highest BCUT2D eigenvalue weighted by atomic mass is 19.3. The average molecular weight is 284 g/mol. The van der Waals surface area contributed by atoms with E-state index in [1.807, 2.05) is 0 Å². The van der Waals surface area contributed by atoms with Crippen molar-refractivity contribution < 1.29 is 18.3 Å². The zero-order chi connectivity index (χ0) is 14.5. The Balaban J connectivity index is 1.88. The molecule has 1 unspecified atom stereocenters. The van der Waals surface area contributed by atoms with Crippen molar-refractivity contribution in [1.29, 1.82) is 0 Å². The van der Waals surface area contributed by atoms with Gasteiger partial charge in [0.1, 0.15) is 0 Å². The maximum atomic E-state index is 13.0. The maximum absolute atomic E-state index is 13.0. The number of nitrogens with zero attached hydrogens (tertiary/aromatic N) is 1. The number of benzene rings is 1. The molecule has 3 rings (SSSR count). The average Bonchev–Trinajstić information content (AvgIpc) is 2.65. The minimum absolute atomic E-state index is 0.0210. The molecule has 1 atom stereocenters. The third kappa shape index (κ3) is 2.40. The Morgan fingerprint density at radius 3 is 2.70 bits per heavy atom. The Morgan fingerprint density at radius 2 is 1.95 bits per heavy atom. The fourth-order valence-corrected chi connectivity index (χ4v) is 2.63. The van der Waals surface area contributed by atoms with E-state index in [1.165, 1.54) is 6.07 Å². The molecule has 2 aliphatic rings. The van der Waals surface area contributed by atoms with Crippen molar-refractivity contribution in [2.24, 2.45) is 0 Å². The third-order valence-corrected chi connectivity index (χ3v) is 3.69. The number of alkyl halides is 2. The molecule has 1 saturated heterocycles. The summed E-state index contributed by atoms with van der Waals surface area (Å²) in [6, 6.07) is 5.23. The zero-order valence-electron chi connectivity index (χ0n) is 11.7. The smallest absolute Gasteiger partial charge is 0.395 e. The minimum atomic E-state index is -3.56. The van der Waals surface area contributed by atoms with E-state index < -0.39 is 6.29 Å². The number of hydrogen-bond acceptors (Lipinski definition) is 4. The van der Waals surface area contributed by atoms with Crippen LogP contribution in [0.25, 0.3) is 0 Å². The summed E-state index contributed by atoms with van der Waals surface area (Å²) >= 11 is 0. The van der Waals surface area contributed by atoms with Crippen LogP contribution in [-0.4, -0.2) is 31.0 Å². The zero-order valence-corrected chi connectivity index (χ0v) is 11.7. The van der Waals surface area contributed by atoms with Crippen LogP contribution in [0.1, 0.15) is 20.8 Å². The Kier molecular flexibility index (Phi) is 2.83. The first-order valence-corrected chi connectivity index (χ1v) is 6.67. The van der Waals surface area contributed by atoms with Gasteiger partial charge in [-0.05, 0) is 32.9 Å². The molecule has 0 spiro atoms. The Morgan fingerprint density at radius 1 is 1.25 bits per heavy atom. The summed E-state index contributed by atoms with van der Waals surface area (Å²) in [6.07, 6.45) is -3.56. The minimum Gasteiger partial charge on any atom is -0.395 e. The van der Waals surface area contributed by atoms with Crippen molar-refractivity contribution in [3.05, 3.63) is 18.2 Å². The van der Waals surface area contributed by atoms with Crippen LogP contribution >= 0.6 is 0 Å². The summed E-state index contributed by atoms with van der Waals surface area (Å²) < 4.78 is 35.0. The van der Waals surface area contributed by atoms with E-state index in [0.717, 1.165) is 18.8 Å². The van der Waals surface area contributed by atoms with E-state index in [-0.39, 0.29) is 23.1 Å². The van der Waals surface area contributed by atoms with Crippen LogP contribution in [0.2, 0.25) is 0 Å². The molecule has 110 valence electrons. The topological polar surface area (TPSA) is 33.7 Å². The molecule has 2 aliphatic heterocycles. The van der Waals surface area contributed by atoms with Gasteiger partial charge in [0.25, 0.3) is 0 Å². The van der Waals surface area contributed by atoms with E-state index in [0.29, 0.717) is 0 Å². The van der Waals surface area contributed by atoms with Gasteiger partial charge < -0.3 is 19.7 Å². The fourth-order valence-electron chi connectivity index (χ4n) is 2.63. The second kappa shape index (κ2) is 4.22. The summed E-state index contributed by atoms with van der Waals surface area (Å²) in [7, 11) is 0. The summed E-state index contributed by atoms with van der Waals surface area (Å²) in [5.41, 5.74) is 0.847. The van der Waals surface area contributed by atoms with Gasteiger partial charge >= 0.3 is 6.29 Å². The number of ether oxygens (including phenoxy) is 2. The van der Waals surface area contributed by atoms with Crippen LogP contribution in [0.5, 0.6) is 11.5 Å². The highest BCUT2D eigenvalue weighted by molar-refractivity contribution is 5.58. The molecule has 0 saturated carbocycles. The number of anilines is 1. The molecule has 0 aromatic heterocycles. The first-order valence-electron chi connectivity index (χ1n) is 6.67.